The third-order valence-electron chi connectivity index (χ3n) is 3.32. The second-order valence-electron chi connectivity index (χ2n) is 4.80. The van der Waals surface area contributed by atoms with Crippen LogP contribution in [0.25, 0.3) is 0 Å². The average molecular weight is 252 g/mol. The highest BCUT2D eigenvalue weighted by atomic mass is 16.6. The molecule has 0 saturated carbocycles. The Morgan fingerprint density at radius 3 is 2.67 bits per heavy atom. The second-order valence-corrected chi connectivity index (χ2v) is 4.80. The van der Waals surface area contributed by atoms with E-state index in [9.17, 15) is 15.2 Å². The van der Waals surface area contributed by atoms with Crippen LogP contribution in [0.4, 0.5) is 5.69 Å². The first kappa shape index (κ1) is 14.6. The molecule has 0 bridgehead atoms. The molecular formula is C13H20N2O3. The summed E-state index contributed by atoms with van der Waals surface area (Å²) in [6, 6.07) is 5.19. The van der Waals surface area contributed by atoms with Crippen LogP contribution in [0.3, 0.4) is 0 Å². The van der Waals surface area contributed by atoms with Gasteiger partial charge < -0.3 is 10.4 Å². The van der Waals surface area contributed by atoms with E-state index in [1.54, 1.807) is 19.1 Å². The number of nitrogens with one attached hydrogen (secondary N) is 1. The first-order valence-corrected chi connectivity index (χ1v) is 6.01. The lowest BCUT2D eigenvalue weighted by Crippen LogP contribution is -2.44. The highest BCUT2D eigenvalue weighted by molar-refractivity contribution is 5.42. The van der Waals surface area contributed by atoms with Crippen molar-refractivity contribution in [1.82, 2.24) is 5.32 Å². The van der Waals surface area contributed by atoms with Crippen molar-refractivity contribution in [3.63, 3.8) is 0 Å². The van der Waals surface area contributed by atoms with Crippen LogP contribution in [0.5, 0.6) is 0 Å². The number of rotatable bonds is 6. The van der Waals surface area contributed by atoms with Gasteiger partial charge in [0, 0.05) is 23.7 Å². The molecule has 0 aromatic heterocycles. The van der Waals surface area contributed by atoms with E-state index in [-0.39, 0.29) is 22.8 Å². The fraction of sp³-hybridized carbons (Fsp3) is 0.538. The van der Waals surface area contributed by atoms with Crippen LogP contribution in [0.1, 0.15) is 31.4 Å². The normalized spacial score (nSPS) is 14.2. The van der Waals surface area contributed by atoms with Gasteiger partial charge >= 0.3 is 0 Å². The van der Waals surface area contributed by atoms with Crippen molar-refractivity contribution < 1.29 is 10.0 Å². The minimum Gasteiger partial charge on any atom is -0.394 e. The molecule has 5 nitrogen and oxygen atoms in total. The monoisotopic (exact) mass is 252 g/mol. The van der Waals surface area contributed by atoms with Crippen LogP contribution in [-0.2, 0) is 6.54 Å². The smallest absolute Gasteiger partial charge is 0.272 e. The molecule has 0 amide bonds. The van der Waals surface area contributed by atoms with Crippen molar-refractivity contribution in [3.8, 4) is 0 Å². The van der Waals surface area contributed by atoms with E-state index < -0.39 is 0 Å². The number of nitro benzene ring substituents is 1. The Kier molecular flexibility index (Phi) is 4.81. The number of hydrogen-bond donors (Lipinski definition) is 2. The molecule has 5 heteroatoms. The van der Waals surface area contributed by atoms with Gasteiger partial charge in [0.1, 0.15) is 0 Å². The Balaban J connectivity index is 2.80. The van der Waals surface area contributed by atoms with Gasteiger partial charge in [-0.15, -0.1) is 0 Å². The molecule has 0 fully saturated rings. The molecule has 0 aliphatic rings. The quantitative estimate of drug-likeness (QED) is 0.601. The Hall–Kier alpha value is -1.46. The van der Waals surface area contributed by atoms with Gasteiger partial charge in [-0.05, 0) is 25.8 Å². The Morgan fingerprint density at radius 2 is 2.17 bits per heavy atom. The molecule has 1 aromatic carbocycles. The average Bonchev–Trinajstić information content (AvgIpc) is 2.37. The summed E-state index contributed by atoms with van der Waals surface area (Å²) in [6.07, 6.45) is 0.789. The summed E-state index contributed by atoms with van der Waals surface area (Å²) in [5.74, 6) is 0. The number of aliphatic hydroxyl groups is 1. The number of hydrogen-bond acceptors (Lipinski definition) is 4. The van der Waals surface area contributed by atoms with Gasteiger partial charge in [0.25, 0.3) is 5.69 Å². The number of benzene rings is 1. The number of aryl methyl sites for hydroxylation is 1. The lowest BCUT2D eigenvalue weighted by atomic mass is 9.99. The van der Waals surface area contributed by atoms with Gasteiger partial charge in [-0.1, -0.05) is 19.1 Å². The van der Waals surface area contributed by atoms with Gasteiger partial charge in [0.05, 0.1) is 11.5 Å². The minimum absolute atomic E-state index is 0.0391. The van der Waals surface area contributed by atoms with Crippen LogP contribution in [-0.4, -0.2) is 22.2 Å². The maximum Gasteiger partial charge on any atom is 0.272 e. The fourth-order valence-corrected chi connectivity index (χ4v) is 1.57. The van der Waals surface area contributed by atoms with Gasteiger partial charge in [0.15, 0.2) is 0 Å². The van der Waals surface area contributed by atoms with Gasteiger partial charge in [-0.2, -0.15) is 0 Å². The summed E-state index contributed by atoms with van der Waals surface area (Å²) in [4.78, 5) is 10.5. The van der Waals surface area contributed by atoms with E-state index in [0.29, 0.717) is 12.1 Å². The molecule has 1 rings (SSSR count). The van der Waals surface area contributed by atoms with Crippen molar-refractivity contribution in [1.29, 1.82) is 0 Å². The third kappa shape index (κ3) is 3.51. The fourth-order valence-electron chi connectivity index (χ4n) is 1.57. The lowest BCUT2D eigenvalue weighted by molar-refractivity contribution is -0.385. The molecule has 0 radical (unpaired) electrons. The Morgan fingerprint density at radius 1 is 1.50 bits per heavy atom. The van der Waals surface area contributed by atoms with Gasteiger partial charge in [0.2, 0.25) is 0 Å². The van der Waals surface area contributed by atoms with Crippen LogP contribution < -0.4 is 5.32 Å². The van der Waals surface area contributed by atoms with Crippen LogP contribution >= 0.6 is 0 Å². The predicted octanol–water partition coefficient (Wildman–Crippen LogP) is 2.15. The molecule has 18 heavy (non-hydrogen) atoms. The SMILES string of the molecule is CCC(C)(CO)NCc1ccc(C)c([N+](=O)[O-])c1. The topological polar surface area (TPSA) is 75.4 Å². The van der Waals surface area contributed by atoms with Crippen LogP contribution in [0.15, 0.2) is 18.2 Å². The maximum absolute atomic E-state index is 10.8. The minimum atomic E-state index is -0.371. The zero-order valence-electron chi connectivity index (χ0n) is 11.1. The number of nitrogens with zero attached hydrogens (tertiary/aromatic N) is 1. The van der Waals surface area contributed by atoms with E-state index in [1.165, 1.54) is 0 Å². The summed E-state index contributed by atoms with van der Waals surface area (Å²) in [5.41, 5.74) is 1.29. The lowest BCUT2D eigenvalue weighted by Gasteiger charge is -2.27. The van der Waals surface area contributed by atoms with Crippen molar-refractivity contribution in [2.24, 2.45) is 0 Å². The summed E-state index contributed by atoms with van der Waals surface area (Å²) >= 11 is 0. The molecule has 0 heterocycles. The van der Waals surface area contributed by atoms with Crippen molar-refractivity contribution in [3.05, 3.63) is 39.4 Å². The highest BCUT2D eigenvalue weighted by Gasteiger charge is 2.20. The third-order valence-corrected chi connectivity index (χ3v) is 3.32. The second kappa shape index (κ2) is 5.93. The zero-order valence-corrected chi connectivity index (χ0v) is 11.1. The molecule has 0 aliphatic carbocycles. The molecule has 0 spiro atoms. The maximum atomic E-state index is 10.8. The summed E-state index contributed by atoms with van der Waals surface area (Å²) < 4.78 is 0. The standard InChI is InChI=1S/C13H20N2O3/c1-4-13(3,9-16)14-8-11-6-5-10(2)12(7-11)15(17)18/h5-7,14,16H,4,8-9H2,1-3H3. The Labute approximate surface area is 107 Å². The van der Waals surface area contributed by atoms with Crippen LogP contribution in [0.2, 0.25) is 0 Å². The van der Waals surface area contributed by atoms with Crippen molar-refractivity contribution in [2.45, 2.75) is 39.3 Å². The van der Waals surface area contributed by atoms with E-state index in [4.69, 9.17) is 0 Å². The summed E-state index contributed by atoms with van der Waals surface area (Å²) in [5, 5.41) is 23.3. The highest BCUT2D eigenvalue weighted by Crippen LogP contribution is 2.19. The number of aliphatic hydroxyl groups excluding tert-OH is 1. The van der Waals surface area contributed by atoms with Crippen molar-refractivity contribution in [2.75, 3.05) is 6.61 Å². The first-order valence-electron chi connectivity index (χ1n) is 6.01. The summed E-state index contributed by atoms with van der Waals surface area (Å²) in [7, 11) is 0. The number of nitro groups is 1. The van der Waals surface area contributed by atoms with Gasteiger partial charge in [-0.25, -0.2) is 0 Å². The zero-order chi connectivity index (χ0) is 13.8. The summed E-state index contributed by atoms with van der Waals surface area (Å²) in [6.45, 7) is 6.18. The molecule has 1 unspecified atom stereocenters. The van der Waals surface area contributed by atoms with Crippen LogP contribution in [0, 0.1) is 17.0 Å². The molecule has 100 valence electrons. The van der Waals surface area contributed by atoms with Gasteiger partial charge in [-0.3, -0.25) is 10.1 Å². The molecule has 1 atom stereocenters. The Bertz CT molecular complexity index is 428. The van der Waals surface area contributed by atoms with E-state index >= 15 is 0 Å². The van der Waals surface area contributed by atoms with E-state index in [0.717, 1.165) is 12.0 Å². The van der Waals surface area contributed by atoms with E-state index in [1.807, 2.05) is 19.9 Å². The molecule has 1 aromatic rings. The van der Waals surface area contributed by atoms with E-state index in [2.05, 4.69) is 5.32 Å². The largest absolute Gasteiger partial charge is 0.394 e. The molecular weight excluding hydrogens is 232 g/mol. The van der Waals surface area contributed by atoms with Crippen molar-refractivity contribution >= 4 is 5.69 Å². The first-order chi connectivity index (χ1) is 8.41. The molecule has 0 aliphatic heterocycles. The molecule has 2 N–H and O–H groups in total. The predicted molar refractivity (Wildman–Crippen MR) is 70.5 cm³/mol. The molecule has 0 saturated heterocycles.